The number of anilines is 1. The van der Waals surface area contributed by atoms with Gasteiger partial charge in [-0.05, 0) is 50.2 Å². The topological polar surface area (TPSA) is 28.2 Å². The first kappa shape index (κ1) is 15.0. The van der Waals surface area contributed by atoms with Crippen molar-refractivity contribution in [1.29, 1.82) is 0 Å². The molecule has 3 heterocycles. The van der Waals surface area contributed by atoms with E-state index in [1.54, 1.807) is 4.88 Å². The Kier molecular flexibility index (Phi) is 4.62. The van der Waals surface area contributed by atoms with E-state index in [2.05, 4.69) is 42.4 Å². The van der Waals surface area contributed by atoms with Gasteiger partial charge in [-0.15, -0.1) is 22.7 Å². The van der Waals surface area contributed by atoms with Crippen molar-refractivity contribution < 1.29 is 0 Å². The second-order valence-corrected chi connectivity index (χ2v) is 7.67. The molecule has 1 N–H and O–H groups in total. The van der Waals surface area contributed by atoms with Crippen LogP contribution in [-0.4, -0.2) is 18.1 Å². The van der Waals surface area contributed by atoms with Gasteiger partial charge >= 0.3 is 0 Å². The molecule has 21 heavy (non-hydrogen) atoms. The molecule has 0 bridgehead atoms. The molecule has 0 spiro atoms. The Balaban J connectivity index is 1.75. The zero-order valence-electron chi connectivity index (χ0n) is 13.0. The van der Waals surface area contributed by atoms with E-state index < -0.39 is 0 Å². The maximum absolute atomic E-state index is 4.83. The Morgan fingerprint density at radius 2 is 2.33 bits per heavy atom. The number of hydrogen-bond acceptors (Lipinski definition) is 5. The highest BCUT2D eigenvalue weighted by Gasteiger charge is 2.22. The minimum atomic E-state index is 0.401. The van der Waals surface area contributed by atoms with E-state index >= 15 is 0 Å². The Hall–Kier alpha value is -0.910. The van der Waals surface area contributed by atoms with E-state index in [0.717, 1.165) is 26.1 Å². The van der Waals surface area contributed by atoms with E-state index in [4.69, 9.17) is 4.98 Å². The van der Waals surface area contributed by atoms with Gasteiger partial charge in [0.1, 0.15) is 0 Å². The normalized spacial score (nSPS) is 16.0. The smallest absolute Gasteiger partial charge is 0.186 e. The first-order valence-electron chi connectivity index (χ1n) is 7.70. The summed E-state index contributed by atoms with van der Waals surface area (Å²) in [5, 5.41) is 6.97. The zero-order valence-corrected chi connectivity index (χ0v) is 14.6. The van der Waals surface area contributed by atoms with Crippen LogP contribution in [-0.2, 0) is 13.0 Å². The molecule has 0 saturated heterocycles. The zero-order chi connectivity index (χ0) is 14.8. The van der Waals surface area contributed by atoms with Crippen LogP contribution in [0.5, 0.6) is 0 Å². The summed E-state index contributed by atoms with van der Waals surface area (Å²) in [6, 6.07) is 2.66. The molecule has 0 radical (unpaired) electrons. The maximum atomic E-state index is 4.83. The van der Waals surface area contributed by atoms with Crippen molar-refractivity contribution in [1.82, 2.24) is 10.3 Å². The van der Waals surface area contributed by atoms with Gasteiger partial charge in [-0.1, -0.05) is 6.92 Å². The van der Waals surface area contributed by atoms with Gasteiger partial charge in [0.05, 0.1) is 5.69 Å². The molecule has 2 aromatic heterocycles. The molecule has 0 saturated carbocycles. The number of aryl methyl sites for hydroxylation is 1. The third-order valence-electron chi connectivity index (χ3n) is 3.99. The number of nitrogens with zero attached hydrogens (tertiary/aromatic N) is 2. The number of nitrogens with one attached hydrogen (secondary N) is 1. The Labute approximate surface area is 135 Å². The van der Waals surface area contributed by atoms with Crippen LogP contribution < -0.4 is 10.2 Å². The van der Waals surface area contributed by atoms with Gasteiger partial charge in [0, 0.05) is 28.9 Å². The lowest BCUT2D eigenvalue weighted by Crippen LogP contribution is -2.29. The summed E-state index contributed by atoms with van der Waals surface area (Å²) < 4.78 is 0. The first-order valence-corrected chi connectivity index (χ1v) is 9.39. The first-order chi connectivity index (χ1) is 10.2. The summed E-state index contributed by atoms with van der Waals surface area (Å²) >= 11 is 3.75. The van der Waals surface area contributed by atoms with Gasteiger partial charge in [-0.2, -0.15) is 0 Å². The number of thiazole rings is 1. The van der Waals surface area contributed by atoms with Gasteiger partial charge in [-0.25, -0.2) is 4.98 Å². The molecule has 1 atom stereocenters. The Morgan fingerprint density at radius 1 is 1.48 bits per heavy atom. The molecule has 3 nitrogen and oxygen atoms in total. The van der Waals surface area contributed by atoms with Gasteiger partial charge in [0.2, 0.25) is 0 Å². The summed E-state index contributed by atoms with van der Waals surface area (Å²) in [5.74, 6) is 0. The van der Waals surface area contributed by atoms with Crippen LogP contribution in [0.1, 0.15) is 47.3 Å². The van der Waals surface area contributed by atoms with Crippen LogP contribution in [0, 0.1) is 6.92 Å². The molecule has 0 fully saturated rings. The van der Waals surface area contributed by atoms with Crippen LogP contribution >= 0.6 is 22.7 Å². The predicted molar refractivity (Wildman–Crippen MR) is 92.6 cm³/mol. The highest BCUT2D eigenvalue weighted by atomic mass is 32.1. The van der Waals surface area contributed by atoms with Gasteiger partial charge in [-0.3, -0.25) is 0 Å². The fourth-order valence-electron chi connectivity index (χ4n) is 2.80. The summed E-state index contributed by atoms with van der Waals surface area (Å²) in [4.78, 5) is 10.2. The van der Waals surface area contributed by atoms with E-state index in [0.29, 0.717) is 6.04 Å². The lowest BCUT2D eigenvalue weighted by Gasteiger charge is -2.26. The SMILES string of the molecule is CCCNC(C)c1sc(N2CCc3sccc3C2)nc1C. The third kappa shape index (κ3) is 3.15. The van der Waals surface area contributed by atoms with Crippen molar-refractivity contribution in [3.8, 4) is 0 Å². The van der Waals surface area contributed by atoms with E-state index in [1.807, 2.05) is 22.7 Å². The Bertz CT molecular complexity index is 602. The summed E-state index contributed by atoms with van der Waals surface area (Å²) in [7, 11) is 0. The molecule has 1 aliphatic heterocycles. The summed E-state index contributed by atoms with van der Waals surface area (Å²) in [6.07, 6.45) is 2.33. The molecule has 0 aromatic carbocycles. The second kappa shape index (κ2) is 6.46. The summed E-state index contributed by atoms with van der Waals surface area (Å²) in [5.41, 5.74) is 2.67. The van der Waals surface area contributed by atoms with E-state index in [9.17, 15) is 0 Å². The van der Waals surface area contributed by atoms with Gasteiger partial charge in [0.15, 0.2) is 5.13 Å². The highest BCUT2D eigenvalue weighted by Crippen LogP contribution is 2.34. The van der Waals surface area contributed by atoms with Crippen molar-refractivity contribution in [2.24, 2.45) is 0 Å². The molecule has 1 aliphatic rings. The van der Waals surface area contributed by atoms with Crippen LogP contribution in [0.2, 0.25) is 0 Å². The molecule has 0 aliphatic carbocycles. The fraction of sp³-hybridized carbons (Fsp3) is 0.562. The number of thiophene rings is 1. The largest absolute Gasteiger partial charge is 0.343 e. The molecule has 5 heteroatoms. The molecule has 3 rings (SSSR count). The number of aromatic nitrogens is 1. The Morgan fingerprint density at radius 3 is 3.14 bits per heavy atom. The molecular formula is C16H23N3S2. The third-order valence-corrected chi connectivity index (χ3v) is 6.42. The highest BCUT2D eigenvalue weighted by molar-refractivity contribution is 7.15. The number of fused-ring (bicyclic) bond motifs is 1. The maximum Gasteiger partial charge on any atom is 0.186 e. The molecule has 0 amide bonds. The van der Waals surface area contributed by atoms with Gasteiger partial charge < -0.3 is 10.2 Å². The average Bonchev–Trinajstić information content (AvgIpc) is 3.10. The van der Waals surface area contributed by atoms with Crippen molar-refractivity contribution in [3.05, 3.63) is 32.5 Å². The summed E-state index contributed by atoms with van der Waals surface area (Å²) in [6.45, 7) is 9.76. The number of hydrogen-bond donors (Lipinski definition) is 1. The molecule has 2 aromatic rings. The minimum Gasteiger partial charge on any atom is -0.343 e. The van der Waals surface area contributed by atoms with Crippen molar-refractivity contribution >= 4 is 27.8 Å². The van der Waals surface area contributed by atoms with Crippen molar-refractivity contribution in [3.63, 3.8) is 0 Å². The second-order valence-electron chi connectivity index (χ2n) is 5.66. The van der Waals surface area contributed by atoms with E-state index in [1.165, 1.54) is 27.7 Å². The van der Waals surface area contributed by atoms with Crippen LogP contribution in [0.15, 0.2) is 11.4 Å². The fourth-order valence-corrected chi connectivity index (χ4v) is 4.80. The van der Waals surface area contributed by atoms with Crippen molar-refractivity contribution in [2.45, 2.75) is 46.2 Å². The van der Waals surface area contributed by atoms with Gasteiger partial charge in [0.25, 0.3) is 0 Å². The van der Waals surface area contributed by atoms with Crippen molar-refractivity contribution in [2.75, 3.05) is 18.0 Å². The quantitative estimate of drug-likeness (QED) is 0.897. The van der Waals surface area contributed by atoms with Crippen LogP contribution in [0.25, 0.3) is 0 Å². The predicted octanol–water partition coefficient (Wildman–Crippen LogP) is 4.14. The lowest BCUT2D eigenvalue weighted by atomic mass is 10.1. The lowest BCUT2D eigenvalue weighted by molar-refractivity contribution is 0.575. The number of rotatable bonds is 5. The molecule has 114 valence electrons. The average molecular weight is 322 g/mol. The molecular weight excluding hydrogens is 298 g/mol. The minimum absolute atomic E-state index is 0.401. The molecule has 1 unspecified atom stereocenters. The standard InChI is InChI=1S/C16H23N3S2/c1-4-7-17-11(2)15-12(3)18-16(21-15)19-8-5-14-13(10-19)6-9-20-14/h6,9,11,17H,4-5,7-8,10H2,1-3H3. The van der Waals surface area contributed by atoms with E-state index in [-0.39, 0.29) is 0 Å². The van der Waals surface area contributed by atoms with Crippen LogP contribution in [0.4, 0.5) is 5.13 Å². The monoisotopic (exact) mass is 321 g/mol. The van der Waals surface area contributed by atoms with Crippen LogP contribution in [0.3, 0.4) is 0 Å².